The van der Waals surface area contributed by atoms with E-state index in [1.165, 1.54) is 5.69 Å². The first-order valence-electron chi connectivity index (χ1n) is 8.30. The molecule has 2 heterocycles. The van der Waals surface area contributed by atoms with Crippen LogP contribution in [0.4, 0.5) is 0 Å². The number of fused-ring (bicyclic) bond motifs is 1. The Balaban J connectivity index is 1.61. The van der Waals surface area contributed by atoms with Crippen molar-refractivity contribution in [3.63, 3.8) is 0 Å². The van der Waals surface area contributed by atoms with Gasteiger partial charge in [0.1, 0.15) is 11.9 Å². The Bertz CT molecular complexity index is 710. The molecule has 0 saturated heterocycles. The molecule has 0 saturated carbocycles. The van der Waals surface area contributed by atoms with E-state index in [2.05, 4.69) is 23.8 Å². The molecular weight excluding hydrogens is 304 g/mol. The molecule has 1 aliphatic rings. The average Bonchev–Trinajstić information content (AvgIpc) is 3.09. The van der Waals surface area contributed by atoms with Crippen LogP contribution >= 0.6 is 0 Å². The largest absolute Gasteiger partial charge is 0.497 e. The summed E-state index contributed by atoms with van der Waals surface area (Å²) in [6.07, 6.45) is 1.59. The summed E-state index contributed by atoms with van der Waals surface area (Å²) >= 11 is 0. The molecule has 0 spiro atoms. The zero-order valence-corrected chi connectivity index (χ0v) is 14.4. The summed E-state index contributed by atoms with van der Waals surface area (Å²) in [5.74, 6) is 0.832. The number of amides is 1. The number of aromatic nitrogens is 1. The van der Waals surface area contributed by atoms with Crippen LogP contribution in [0.15, 0.2) is 42.6 Å². The summed E-state index contributed by atoms with van der Waals surface area (Å²) in [5.41, 5.74) is 2.17. The molecule has 0 radical (unpaired) electrons. The first kappa shape index (κ1) is 16.6. The highest BCUT2D eigenvalue weighted by atomic mass is 16.5. The van der Waals surface area contributed by atoms with Crippen LogP contribution < -0.4 is 4.74 Å². The molecule has 1 amide bonds. The molecule has 1 aliphatic heterocycles. The van der Waals surface area contributed by atoms with Crippen LogP contribution in [0, 0.1) is 0 Å². The van der Waals surface area contributed by atoms with Crippen molar-refractivity contribution < 1.29 is 14.3 Å². The smallest absolute Gasteiger partial charge is 0.252 e. The number of carbonyl (C=O) groups is 1. The van der Waals surface area contributed by atoms with Gasteiger partial charge < -0.3 is 18.9 Å². The molecule has 5 heteroatoms. The topological polar surface area (TPSA) is 43.7 Å². The summed E-state index contributed by atoms with van der Waals surface area (Å²) in [7, 11) is 1.64. The van der Waals surface area contributed by atoms with Gasteiger partial charge in [-0.15, -0.1) is 0 Å². The Morgan fingerprint density at radius 1 is 1.29 bits per heavy atom. The predicted octanol–water partition coefficient (Wildman–Crippen LogP) is 3.01. The van der Waals surface area contributed by atoms with E-state index in [4.69, 9.17) is 9.47 Å². The Hall–Kier alpha value is -2.27. The summed E-state index contributed by atoms with van der Waals surface area (Å²) in [5, 5.41) is 0. The van der Waals surface area contributed by atoms with E-state index in [0.717, 1.165) is 17.9 Å². The van der Waals surface area contributed by atoms with Crippen LogP contribution in [0.25, 0.3) is 0 Å². The van der Waals surface area contributed by atoms with Crippen molar-refractivity contribution in [1.82, 2.24) is 9.47 Å². The SMILES string of the molecule is COc1cccc(CO[C@@H](C)C(=O)N2CCn3cccc3[C@H]2C)c1. The van der Waals surface area contributed by atoms with Crippen molar-refractivity contribution in [2.45, 2.75) is 39.1 Å². The lowest BCUT2D eigenvalue weighted by Crippen LogP contribution is -2.45. The molecule has 0 bridgehead atoms. The van der Waals surface area contributed by atoms with Gasteiger partial charge >= 0.3 is 0 Å². The van der Waals surface area contributed by atoms with Gasteiger partial charge in [0.25, 0.3) is 5.91 Å². The third-order valence-electron chi connectivity index (χ3n) is 4.61. The maximum Gasteiger partial charge on any atom is 0.252 e. The van der Waals surface area contributed by atoms with Crippen LogP contribution in [0.2, 0.25) is 0 Å². The van der Waals surface area contributed by atoms with E-state index in [0.29, 0.717) is 13.2 Å². The highest BCUT2D eigenvalue weighted by molar-refractivity contribution is 5.81. The number of ether oxygens (including phenoxy) is 2. The third kappa shape index (κ3) is 3.31. The standard InChI is InChI=1S/C19H24N2O3/c1-14-18-8-5-9-20(18)10-11-21(14)19(22)15(2)24-13-16-6-4-7-17(12-16)23-3/h4-9,12,14-15H,10-11,13H2,1-3H3/t14-,15+/m1/s1. The van der Waals surface area contributed by atoms with E-state index in [1.807, 2.05) is 42.2 Å². The minimum atomic E-state index is -0.472. The number of hydrogen-bond acceptors (Lipinski definition) is 3. The highest BCUT2D eigenvalue weighted by Crippen LogP contribution is 2.26. The minimum Gasteiger partial charge on any atom is -0.497 e. The zero-order chi connectivity index (χ0) is 17.1. The lowest BCUT2D eigenvalue weighted by molar-refractivity contribution is -0.146. The fraction of sp³-hybridized carbons (Fsp3) is 0.421. The van der Waals surface area contributed by atoms with Gasteiger partial charge in [0.05, 0.1) is 19.8 Å². The molecular formula is C19H24N2O3. The van der Waals surface area contributed by atoms with Gasteiger partial charge in [-0.1, -0.05) is 12.1 Å². The molecule has 1 aromatic carbocycles. The molecule has 5 nitrogen and oxygen atoms in total. The number of hydrogen-bond donors (Lipinski definition) is 0. The monoisotopic (exact) mass is 328 g/mol. The molecule has 2 atom stereocenters. The van der Waals surface area contributed by atoms with Gasteiger partial charge in [0.15, 0.2) is 0 Å². The molecule has 24 heavy (non-hydrogen) atoms. The molecule has 3 rings (SSSR count). The first-order chi connectivity index (χ1) is 11.6. The average molecular weight is 328 g/mol. The maximum atomic E-state index is 12.8. The second-order valence-corrected chi connectivity index (χ2v) is 6.14. The number of rotatable bonds is 5. The molecule has 0 fully saturated rings. The highest BCUT2D eigenvalue weighted by Gasteiger charge is 2.30. The Kier molecular flexibility index (Phi) is 4.90. The molecule has 0 N–H and O–H groups in total. The normalized spacial score (nSPS) is 18.1. The van der Waals surface area contributed by atoms with Gasteiger partial charge in [-0.3, -0.25) is 4.79 Å². The molecule has 128 valence electrons. The Morgan fingerprint density at radius 3 is 2.92 bits per heavy atom. The van der Waals surface area contributed by atoms with Gasteiger partial charge in [-0.2, -0.15) is 0 Å². The maximum absolute atomic E-state index is 12.8. The first-order valence-corrected chi connectivity index (χ1v) is 8.30. The number of methoxy groups -OCH3 is 1. The van der Waals surface area contributed by atoms with Crippen LogP contribution in [0.1, 0.15) is 31.1 Å². The van der Waals surface area contributed by atoms with Crippen molar-refractivity contribution in [2.24, 2.45) is 0 Å². The van der Waals surface area contributed by atoms with Gasteiger partial charge in [-0.05, 0) is 43.7 Å². The van der Waals surface area contributed by atoms with E-state index >= 15 is 0 Å². The van der Waals surface area contributed by atoms with E-state index in [1.54, 1.807) is 7.11 Å². The summed E-state index contributed by atoms with van der Waals surface area (Å²) < 4.78 is 13.2. The second-order valence-electron chi connectivity index (χ2n) is 6.14. The van der Waals surface area contributed by atoms with Crippen LogP contribution in [-0.4, -0.2) is 35.1 Å². The zero-order valence-electron chi connectivity index (χ0n) is 14.4. The fourth-order valence-corrected chi connectivity index (χ4v) is 3.17. The minimum absolute atomic E-state index is 0.0397. The number of benzene rings is 1. The Labute approximate surface area is 142 Å². The summed E-state index contributed by atoms with van der Waals surface area (Å²) in [4.78, 5) is 14.7. The Morgan fingerprint density at radius 2 is 2.12 bits per heavy atom. The number of nitrogens with zero attached hydrogens (tertiary/aromatic N) is 2. The van der Waals surface area contributed by atoms with Crippen LogP contribution in [0.3, 0.4) is 0 Å². The number of carbonyl (C=O) groups excluding carboxylic acids is 1. The van der Waals surface area contributed by atoms with Crippen molar-refractivity contribution >= 4 is 5.91 Å². The van der Waals surface area contributed by atoms with E-state index < -0.39 is 6.10 Å². The van der Waals surface area contributed by atoms with Crippen molar-refractivity contribution in [3.05, 3.63) is 53.9 Å². The van der Waals surface area contributed by atoms with Gasteiger partial charge in [-0.25, -0.2) is 0 Å². The fourth-order valence-electron chi connectivity index (χ4n) is 3.17. The van der Waals surface area contributed by atoms with E-state index in [-0.39, 0.29) is 11.9 Å². The molecule has 0 unspecified atom stereocenters. The van der Waals surface area contributed by atoms with Gasteiger partial charge in [0.2, 0.25) is 0 Å². The lowest BCUT2D eigenvalue weighted by atomic mass is 10.1. The second kappa shape index (κ2) is 7.09. The third-order valence-corrected chi connectivity index (χ3v) is 4.61. The van der Waals surface area contributed by atoms with Crippen LogP contribution in [-0.2, 0) is 22.7 Å². The summed E-state index contributed by atoms with van der Waals surface area (Å²) in [6.45, 7) is 5.83. The van der Waals surface area contributed by atoms with Crippen molar-refractivity contribution in [2.75, 3.05) is 13.7 Å². The summed E-state index contributed by atoms with van der Waals surface area (Å²) in [6, 6.07) is 11.9. The molecule has 2 aromatic rings. The van der Waals surface area contributed by atoms with Crippen molar-refractivity contribution in [1.29, 1.82) is 0 Å². The van der Waals surface area contributed by atoms with Crippen LogP contribution in [0.5, 0.6) is 5.75 Å². The van der Waals surface area contributed by atoms with Crippen molar-refractivity contribution in [3.8, 4) is 5.75 Å². The quantitative estimate of drug-likeness (QED) is 0.847. The molecule has 1 aromatic heterocycles. The molecule has 0 aliphatic carbocycles. The van der Waals surface area contributed by atoms with E-state index in [9.17, 15) is 4.79 Å². The van der Waals surface area contributed by atoms with Gasteiger partial charge in [0, 0.05) is 25.0 Å². The predicted molar refractivity (Wildman–Crippen MR) is 91.8 cm³/mol. The lowest BCUT2D eigenvalue weighted by Gasteiger charge is -2.36.